The van der Waals surface area contributed by atoms with Crippen molar-refractivity contribution in [2.24, 2.45) is 5.92 Å². The molecule has 1 saturated carbocycles. The average Bonchev–Trinajstić information content (AvgIpc) is 3.14. The SMILES string of the molecule is COC(=O)C1CCCC1S(=O)(=O)NCC(=O)N1CCCC1. The summed E-state index contributed by atoms with van der Waals surface area (Å²) in [6.45, 7) is 1.15. The molecular formula is C13H22N2O5S. The second kappa shape index (κ2) is 6.74. The number of methoxy groups -OCH3 is 1. The first kappa shape index (κ1) is 16.2. The molecule has 2 atom stereocenters. The number of carbonyl (C=O) groups is 2. The molecule has 0 aromatic rings. The first-order chi connectivity index (χ1) is 9.95. The van der Waals surface area contributed by atoms with Crippen LogP contribution in [0.2, 0.25) is 0 Å². The van der Waals surface area contributed by atoms with Crippen molar-refractivity contribution in [2.75, 3.05) is 26.7 Å². The monoisotopic (exact) mass is 318 g/mol. The molecule has 1 heterocycles. The van der Waals surface area contributed by atoms with Gasteiger partial charge in [-0.1, -0.05) is 6.42 Å². The number of likely N-dealkylation sites (tertiary alicyclic amines) is 1. The van der Waals surface area contributed by atoms with Crippen LogP contribution in [0, 0.1) is 5.92 Å². The van der Waals surface area contributed by atoms with Crippen molar-refractivity contribution < 1.29 is 22.7 Å². The zero-order chi connectivity index (χ0) is 15.5. The lowest BCUT2D eigenvalue weighted by Crippen LogP contribution is -2.44. The van der Waals surface area contributed by atoms with Crippen molar-refractivity contribution in [3.05, 3.63) is 0 Å². The summed E-state index contributed by atoms with van der Waals surface area (Å²) < 4.78 is 31.6. The normalized spacial score (nSPS) is 26.0. The van der Waals surface area contributed by atoms with Gasteiger partial charge in [-0.15, -0.1) is 0 Å². The third kappa shape index (κ3) is 3.74. The van der Waals surface area contributed by atoms with E-state index < -0.39 is 27.2 Å². The predicted octanol–water partition coefficient (Wildman–Crippen LogP) is -0.130. The van der Waals surface area contributed by atoms with Crippen LogP contribution in [-0.4, -0.2) is 57.2 Å². The summed E-state index contributed by atoms with van der Waals surface area (Å²) in [5.74, 6) is -1.33. The van der Waals surface area contributed by atoms with Crippen molar-refractivity contribution in [3.8, 4) is 0 Å². The van der Waals surface area contributed by atoms with Crippen LogP contribution in [0.3, 0.4) is 0 Å². The van der Waals surface area contributed by atoms with Crippen LogP contribution in [0.25, 0.3) is 0 Å². The average molecular weight is 318 g/mol. The van der Waals surface area contributed by atoms with E-state index in [4.69, 9.17) is 0 Å². The highest BCUT2D eigenvalue weighted by Crippen LogP contribution is 2.31. The summed E-state index contributed by atoms with van der Waals surface area (Å²) in [5.41, 5.74) is 0. The number of hydrogen-bond acceptors (Lipinski definition) is 5. The number of amides is 1. The van der Waals surface area contributed by atoms with Gasteiger partial charge in [0, 0.05) is 13.1 Å². The lowest BCUT2D eigenvalue weighted by Gasteiger charge is -2.20. The van der Waals surface area contributed by atoms with Gasteiger partial charge in [-0.2, -0.15) is 0 Å². The smallest absolute Gasteiger partial charge is 0.310 e. The molecule has 0 bridgehead atoms. The van der Waals surface area contributed by atoms with Crippen LogP contribution in [0.5, 0.6) is 0 Å². The maximum absolute atomic E-state index is 12.3. The topological polar surface area (TPSA) is 92.8 Å². The van der Waals surface area contributed by atoms with Gasteiger partial charge in [0.25, 0.3) is 0 Å². The van der Waals surface area contributed by atoms with Crippen LogP contribution in [0.15, 0.2) is 0 Å². The van der Waals surface area contributed by atoms with E-state index in [0.29, 0.717) is 32.4 Å². The van der Waals surface area contributed by atoms with Gasteiger partial charge >= 0.3 is 5.97 Å². The zero-order valence-corrected chi connectivity index (χ0v) is 13.0. The number of nitrogens with one attached hydrogen (secondary N) is 1. The van der Waals surface area contributed by atoms with E-state index in [1.54, 1.807) is 4.90 Å². The van der Waals surface area contributed by atoms with Crippen molar-refractivity contribution in [1.29, 1.82) is 0 Å². The van der Waals surface area contributed by atoms with E-state index in [0.717, 1.165) is 12.8 Å². The molecule has 1 N–H and O–H groups in total. The van der Waals surface area contributed by atoms with E-state index in [1.165, 1.54) is 7.11 Å². The van der Waals surface area contributed by atoms with Crippen LogP contribution in [-0.2, 0) is 24.3 Å². The highest BCUT2D eigenvalue weighted by atomic mass is 32.2. The first-order valence-corrected chi connectivity index (χ1v) is 8.84. The molecule has 0 aromatic carbocycles. The molecule has 2 aliphatic rings. The van der Waals surface area contributed by atoms with Crippen molar-refractivity contribution in [1.82, 2.24) is 9.62 Å². The van der Waals surface area contributed by atoms with E-state index >= 15 is 0 Å². The van der Waals surface area contributed by atoms with Gasteiger partial charge in [0.05, 0.1) is 24.8 Å². The molecule has 120 valence electrons. The molecule has 0 spiro atoms. The molecule has 1 amide bonds. The van der Waals surface area contributed by atoms with E-state index in [-0.39, 0.29) is 12.5 Å². The Morgan fingerprint density at radius 2 is 1.86 bits per heavy atom. The van der Waals surface area contributed by atoms with Gasteiger partial charge in [0.2, 0.25) is 15.9 Å². The molecule has 1 aliphatic carbocycles. The molecule has 2 fully saturated rings. The Morgan fingerprint density at radius 3 is 2.48 bits per heavy atom. The lowest BCUT2D eigenvalue weighted by atomic mass is 10.1. The maximum Gasteiger partial charge on any atom is 0.310 e. The summed E-state index contributed by atoms with van der Waals surface area (Å²) >= 11 is 0. The van der Waals surface area contributed by atoms with Gasteiger partial charge in [0.15, 0.2) is 0 Å². The molecule has 0 radical (unpaired) electrons. The fraction of sp³-hybridized carbons (Fsp3) is 0.846. The van der Waals surface area contributed by atoms with Gasteiger partial charge in [-0.05, 0) is 25.7 Å². The number of sulfonamides is 1. The minimum Gasteiger partial charge on any atom is -0.469 e. The maximum atomic E-state index is 12.3. The largest absolute Gasteiger partial charge is 0.469 e. The van der Waals surface area contributed by atoms with E-state index in [2.05, 4.69) is 9.46 Å². The number of nitrogens with zero attached hydrogens (tertiary/aromatic N) is 1. The Balaban J connectivity index is 1.94. The Bertz CT molecular complexity index is 499. The molecule has 8 heteroatoms. The quantitative estimate of drug-likeness (QED) is 0.713. The molecule has 21 heavy (non-hydrogen) atoms. The minimum atomic E-state index is -3.69. The summed E-state index contributed by atoms with van der Waals surface area (Å²) in [7, 11) is -2.43. The van der Waals surface area contributed by atoms with Crippen molar-refractivity contribution in [3.63, 3.8) is 0 Å². The van der Waals surface area contributed by atoms with Crippen LogP contribution in [0.4, 0.5) is 0 Å². The third-order valence-electron chi connectivity index (χ3n) is 4.24. The van der Waals surface area contributed by atoms with Gasteiger partial charge in [-0.25, -0.2) is 13.1 Å². The Hall–Kier alpha value is -1.15. The minimum absolute atomic E-state index is 0.205. The number of hydrogen-bond donors (Lipinski definition) is 1. The zero-order valence-electron chi connectivity index (χ0n) is 12.2. The molecular weight excluding hydrogens is 296 g/mol. The van der Waals surface area contributed by atoms with Crippen molar-refractivity contribution in [2.45, 2.75) is 37.4 Å². The lowest BCUT2D eigenvalue weighted by molar-refractivity contribution is -0.145. The third-order valence-corrected chi connectivity index (χ3v) is 6.15. The van der Waals surface area contributed by atoms with Gasteiger partial charge < -0.3 is 9.64 Å². The van der Waals surface area contributed by atoms with Crippen LogP contribution < -0.4 is 4.72 Å². The molecule has 0 aromatic heterocycles. The summed E-state index contributed by atoms with van der Waals surface area (Å²) in [6, 6.07) is 0. The summed E-state index contributed by atoms with van der Waals surface area (Å²) in [4.78, 5) is 25.2. The number of esters is 1. The predicted molar refractivity (Wildman–Crippen MR) is 75.9 cm³/mol. The Labute approximate surface area is 125 Å². The first-order valence-electron chi connectivity index (χ1n) is 7.30. The van der Waals surface area contributed by atoms with Gasteiger partial charge in [-0.3, -0.25) is 9.59 Å². The summed E-state index contributed by atoms with van der Waals surface area (Å²) in [6.07, 6.45) is 3.54. The van der Waals surface area contributed by atoms with Crippen molar-refractivity contribution >= 4 is 21.9 Å². The van der Waals surface area contributed by atoms with Crippen LogP contribution >= 0.6 is 0 Å². The Morgan fingerprint density at radius 1 is 1.19 bits per heavy atom. The highest BCUT2D eigenvalue weighted by Gasteiger charge is 2.42. The Kier molecular flexibility index (Phi) is 5.21. The van der Waals surface area contributed by atoms with E-state index in [1.807, 2.05) is 0 Å². The molecule has 2 unspecified atom stereocenters. The number of carbonyl (C=O) groups excluding carboxylic acids is 2. The molecule has 1 aliphatic heterocycles. The fourth-order valence-electron chi connectivity index (χ4n) is 3.07. The highest BCUT2D eigenvalue weighted by molar-refractivity contribution is 7.90. The van der Waals surface area contributed by atoms with Crippen LogP contribution in [0.1, 0.15) is 32.1 Å². The van der Waals surface area contributed by atoms with Gasteiger partial charge in [0.1, 0.15) is 0 Å². The van der Waals surface area contributed by atoms with E-state index in [9.17, 15) is 18.0 Å². The molecule has 7 nitrogen and oxygen atoms in total. The second-order valence-electron chi connectivity index (χ2n) is 5.55. The fourth-order valence-corrected chi connectivity index (χ4v) is 4.76. The number of rotatable bonds is 5. The molecule has 2 rings (SSSR count). The second-order valence-corrected chi connectivity index (χ2v) is 7.54. The molecule has 1 saturated heterocycles. The standard InChI is InChI=1S/C13H22N2O5S/c1-20-13(17)10-5-4-6-11(10)21(18,19)14-9-12(16)15-7-2-3-8-15/h10-11,14H,2-9H2,1H3. The summed E-state index contributed by atoms with van der Waals surface area (Å²) in [5, 5.41) is -0.795. The number of ether oxygens (including phenoxy) is 1.